The van der Waals surface area contributed by atoms with Gasteiger partial charge in [0.2, 0.25) is 11.8 Å². The van der Waals surface area contributed by atoms with Gasteiger partial charge in [0.1, 0.15) is 11.2 Å². The van der Waals surface area contributed by atoms with Crippen LogP contribution in [0.15, 0.2) is 36.4 Å². The van der Waals surface area contributed by atoms with Gasteiger partial charge in [0.05, 0.1) is 26.0 Å². The highest BCUT2D eigenvalue weighted by Gasteiger charge is 2.72. The van der Waals surface area contributed by atoms with Gasteiger partial charge in [0, 0.05) is 41.8 Å². The second kappa shape index (κ2) is 12.9. The zero-order valence-electron chi connectivity index (χ0n) is 22.5. The van der Waals surface area contributed by atoms with Crippen molar-refractivity contribution in [2.45, 2.75) is 55.5 Å². The number of hydrogen-bond donors (Lipinski definition) is 5. The average molecular weight is 581 g/mol. The molecule has 1 saturated heterocycles. The molecule has 218 valence electrons. The molecule has 0 saturated carbocycles. The van der Waals surface area contributed by atoms with Crippen LogP contribution in [0.4, 0.5) is 18.9 Å². The normalized spacial score (nSPS) is 22.9. The highest BCUT2D eigenvalue weighted by molar-refractivity contribution is 6.31. The second-order valence-corrected chi connectivity index (χ2v) is 10.9. The van der Waals surface area contributed by atoms with Gasteiger partial charge < -0.3 is 21.1 Å². The molecule has 1 spiro atoms. The summed E-state index contributed by atoms with van der Waals surface area (Å²) in [5.41, 5.74) is -1.38. The van der Waals surface area contributed by atoms with Gasteiger partial charge in [-0.2, -0.15) is 0 Å². The summed E-state index contributed by atoms with van der Waals surface area (Å²) in [6, 6.07) is 8.67. The minimum Gasteiger partial charge on any atom is -0.395 e. The van der Waals surface area contributed by atoms with Gasteiger partial charge in [-0.15, -0.1) is 0 Å². The van der Waals surface area contributed by atoms with E-state index in [9.17, 15) is 18.4 Å². The predicted molar refractivity (Wildman–Crippen MR) is 149 cm³/mol. The first-order chi connectivity index (χ1) is 19.3. The highest BCUT2D eigenvalue weighted by Crippen LogP contribution is 2.61. The van der Waals surface area contributed by atoms with Crippen molar-refractivity contribution in [3.8, 4) is 0 Å². The molecule has 4 rings (SSSR count). The van der Waals surface area contributed by atoms with Gasteiger partial charge in [0.15, 0.2) is 0 Å². The van der Waals surface area contributed by atoms with Crippen LogP contribution in [0.2, 0.25) is 5.02 Å². The largest absolute Gasteiger partial charge is 0.395 e. The lowest BCUT2D eigenvalue weighted by molar-refractivity contribution is -0.124. The predicted octanol–water partition coefficient (Wildman–Crippen LogP) is 3.67. The number of aliphatic hydroxyl groups excluding tert-OH is 1. The molecule has 2 aromatic carbocycles. The molecule has 3 atom stereocenters. The summed E-state index contributed by atoms with van der Waals surface area (Å²) in [7, 11) is 0. The number of anilines is 1. The molecule has 5 N–H and O–H groups in total. The topological polar surface area (TPSA) is 102 Å². The Labute approximate surface area is 237 Å². The summed E-state index contributed by atoms with van der Waals surface area (Å²) in [4.78, 5) is 28.2. The molecule has 1 fully saturated rings. The summed E-state index contributed by atoms with van der Waals surface area (Å²) in [5, 5.41) is 21.5. The standard InChI is InChI=1S/C29H36ClF3N4O3/c1-18-5-2-6-20(24(18)33)23-25(26(39)35-14-13-34-15-16-38)37-28(9-3-11-31,10-4-12-32)29(23)21-8-7-19(30)17-22(21)36-27(29)40/h2,5-8,17,23,25,34,37-38H,3-4,9-16H2,1H3,(H,35,39)(H,36,40)/t23-,25+,29-/m0/s1. The molecule has 7 nitrogen and oxygen atoms in total. The molecule has 2 aliphatic heterocycles. The number of hydrogen-bond acceptors (Lipinski definition) is 5. The Morgan fingerprint density at radius 3 is 2.50 bits per heavy atom. The lowest BCUT2D eigenvalue weighted by Crippen LogP contribution is -2.59. The first kappa shape index (κ1) is 30.3. The summed E-state index contributed by atoms with van der Waals surface area (Å²) in [6.07, 6.45) is 0.342. The Bertz CT molecular complexity index is 1230. The molecule has 2 aliphatic rings. The molecular weight excluding hydrogens is 545 g/mol. The van der Waals surface area contributed by atoms with Crippen LogP contribution >= 0.6 is 11.6 Å². The lowest BCUT2D eigenvalue weighted by Gasteiger charge is -2.45. The Balaban J connectivity index is 1.95. The second-order valence-electron chi connectivity index (χ2n) is 10.5. The minimum atomic E-state index is -1.57. The molecule has 0 bridgehead atoms. The number of rotatable bonds is 13. The van der Waals surface area contributed by atoms with Gasteiger partial charge in [-0.05, 0) is 61.4 Å². The number of alkyl halides is 2. The van der Waals surface area contributed by atoms with E-state index in [1.165, 1.54) is 0 Å². The van der Waals surface area contributed by atoms with Crippen LogP contribution in [0.1, 0.15) is 48.3 Å². The van der Waals surface area contributed by atoms with Crippen molar-refractivity contribution in [3.63, 3.8) is 0 Å². The van der Waals surface area contributed by atoms with Gasteiger partial charge in [-0.3, -0.25) is 23.7 Å². The molecule has 0 aromatic heterocycles. The van der Waals surface area contributed by atoms with Crippen molar-refractivity contribution in [2.75, 3.05) is 44.9 Å². The van der Waals surface area contributed by atoms with Gasteiger partial charge in [-0.1, -0.05) is 35.9 Å². The van der Waals surface area contributed by atoms with Crippen molar-refractivity contribution >= 4 is 29.1 Å². The summed E-state index contributed by atoms with van der Waals surface area (Å²) < 4.78 is 43.4. The zero-order chi connectivity index (χ0) is 28.9. The molecule has 2 heterocycles. The molecule has 0 aliphatic carbocycles. The summed E-state index contributed by atoms with van der Waals surface area (Å²) in [5.74, 6) is -2.52. The van der Waals surface area contributed by atoms with E-state index >= 15 is 4.39 Å². The van der Waals surface area contributed by atoms with E-state index in [-0.39, 0.29) is 44.4 Å². The van der Waals surface area contributed by atoms with Crippen LogP contribution in [0, 0.1) is 12.7 Å². The van der Waals surface area contributed by atoms with E-state index in [2.05, 4.69) is 21.3 Å². The molecule has 2 aromatic rings. The fourth-order valence-electron chi connectivity index (χ4n) is 6.66. The van der Waals surface area contributed by atoms with E-state index < -0.39 is 53.9 Å². The van der Waals surface area contributed by atoms with Crippen molar-refractivity contribution < 1.29 is 27.9 Å². The van der Waals surface area contributed by atoms with E-state index in [0.717, 1.165) is 0 Å². The number of aliphatic hydroxyl groups is 1. The summed E-state index contributed by atoms with van der Waals surface area (Å²) in [6.45, 7) is 1.14. The van der Waals surface area contributed by atoms with Gasteiger partial charge in [-0.25, -0.2) is 4.39 Å². The van der Waals surface area contributed by atoms with Crippen molar-refractivity contribution in [1.82, 2.24) is 16.0 Å². The molecular formula is C29H36ClF3N4O3. The fraction of sp³-hybridized carbons (Fsp3) is 0.517. The molecule has 2 amide bonds. The monoisotopic (exact) mass is 580 g/mol. The van der Waals surface area contributed by atoms with E-state index in [1.807, 2.05) is 0 Å². The van der Waals surface area contributed by atoms with Crippen molar-refractivity contribution in [2.24, 2.45) is 0 Å². The van der Waals surface area contributed by atoms with Crippen LogP contribution in [-0.4, -0.2) is 68.1 Å². The highest BCUT2D eigenvalue weighted by atomic mass is 35.5. The molecule has 0 unspecified atom stereocenters. The number of halogens is 4. The summed E-state index contributed by atoms with van der Waals surface area (Å²) >= 11 is 6.26. The molecule has 0 radical (unpaired) electrons. The van der Waals surface area contributed by atoms with Crippen LogP contribution in [-0.2, 0) is 15.0 Å². The minimum absolute atomic E-state index is 0.0552. The number of carbonyl (C=O) groups is 2. The third-order valence-electron chi connectivity index (χ3n) is 8.20. The number of carbonyl (C=O) groups excluding carboxylic acids is 2. The number of benzene rings is 2. The Hall–Kier alpha value is -2.66. The number of amides is 2. The van der Waals surface area contributed by atoms with Crippen LogP contribution in [0.3, 0.4) is 0 Å². The third-order valence-corrected chi connectivity index (χ3v) is 8.44. The van der Waals surface area contributed by atoms with E-state index in [1.54, 1.807) is 43.3 Å². The fourth-order valence-corrected chi connectivity index (χ4v) is 6.83. The van der Waals surface area contributed by atoms with Crippen LogP contribution in [0.5, 0.6) is 0 Å². The smallest absolute Gasteiger partial charge is 0.237 e. The Kier molecular flexibility index (Phi) is 9.76. The maximum Gasteiger partial charge on any atom is 0.237 e. The first-order valence-electron chi connectivity index (χ1n) is 13.6. The van der Waals surface area contributed by atoms with Gasteiger partial charge >= 0.3 is 0 Å². The van der Waals surface area contributed by atoms with E-state index in [0.29, 0.717) is 34.9 Å². The maximum absolute atomic E-state index is 16.0. The third kappa shape index (κ3) is 5.22. The Morgan fingerprint density at radius 1 is 1.10 bits per heavy atom. The van der Waals surface area contributed by atoms with E-state index in [4.69, 9.17) is 16.7 Å². The first-order valence-corrected chi connectivity index (χ1v) is 14.0. The lowest BCUT2D eigenvalue weighted by atomic mass is 9.56. The maximum atomic E-state index is 16.0. The number of nitrogens with one attached hydrogen (secondary N) is 4. The zero-order valence-corrected chi connectivity index (χ0v) is 23.2. The van der Waals surface area contributed by atoms with Crippen molar-refractivity contribution in [3.05, 3.63) is 63.9 Å². The average Bonchev–Trinajstić information content (AvgIpc) is 3.40. The quantitative estimate of drug-likeness (QED) is 0.233. The van der Waals surface area contributed by atoms with Gasteiger partial charge in [0.25, 0.3) is 0 Å². The SMILES string of the molecule is Cc1cccc([C@H]2[C@H](C(=O)NCCNCCO)NC(CCCF)(CCCF)[C@]23C(=O)Nc2cc(Cl)ccc23)c1F. The Morgan fingerprint density at radius 2 is 1.82 bits per heavy atom. The number of fused-ring (bicyclic) bond motifs is 2. The molecule has 11 heteroatoms. The van der Waals surface area contributed by atoms with Crippen LogP contribution in [0.25, 0.3) is 0 Å². The number of aryl methyl sites for hydroxylation is 1. The van der Waals surface area contributed by atoms with Crippen molar-refractivity contribution in [1.29, 1.82) is 0 Å². The molecule has 40 heavy (non-hydrogen) atoms. The van der Waals surface area contributed by atoms with Crippen LogP contribution < -0.4 is 21.3 Å².